The van der Waals surface area contributed by atoms with Crippen molar-refractivity contribution < 1.29 is 26.3 Å². The Morgan fingerprint density at radius 3 is 2.16 bits per heavy atom. The summed E-state index contributed by atoms with van der Waals surface area (Å²) in [6, 6.07) is 13.8. The number of hydrogen-bond acceptors (Lipinski definition) is 3. The minimum absolute atomic E-state index is 0.0365. The standard InChI is InChI=1S/C29H29F6N3/c1-19(37-25-10-6-7-11-25)38-28(17-20-8-4-3-5-9-20,26-13-12-21(18-36-26)27(2,31)32)22-14-23(29(33,34)35)16-24(30)15-22/h3-5,8-9,12-16,18,25,37-38H,1,6-7,10-11,17H2,2H3/t28-/m1/s1. The Labute approximate surface area is 218 Å². The van der Waals surface area contributed by atoms with Gasteiger partial charge in [0, 0.05) is 31.1 Å². The van der Waals surface area contributed by atoms with E-state index in [1.54, 1.807) is 30.3 Å². The van der Waals surface area contributed by atoms with Gasteiger partial charge in [-0.25, -0.2) is 13.2 Å². The van der Waals surface area contributed by atoms with E-state index in [-0.39, 0.29) is 29.3 Å². The first-order valence-corrected chi connectivity index (χ1v) is 12.4. The molecular weight excluding hydrogens is 504 g/mol. The van der Waals surface area contributed by atoms with Crippen LogP contribution in [0.4, 0.5) is 26.3 Å². The first-order chi connectivity index (χ1) is 17.9. The van der Waals surface area contributed by atoms with Crippen LogP contribution in [-0.2, 0) is 24.1 Å². The summed E-state index contributed by atoms with van der Waals surface area (Å²) in [4.78, 5) is 4.28. The SMILES string of the molecule is C=C(NC1CCCC1)N[C@](Cc1ccccc1)(c1cc(F)cc(C(F)(F)F)c1)c1ccc(C(C)(F)F)cn1. The highest BCUT2D eigenvalue weighted by Gasteiger charge is 2.40. The van der Waals surface area contributed by atoms with E-state index in [0.29, 0.717) is 17.5 Å². The quantitative estimate of drug-likeness (QED) is 0.281. The molecule has 9 heteroatoms. The second-order valence-electron chi connectivity index (χ2n) is 9.84. The molecule has 0 spiro atoms. The van der Waals surface area contributed by atoms with Gasteiger partial charge in [-0.05, 0) is 54.3 Å². The van der Waals surface area contributed by atoms with Gasteiger partial charge in [0.2, 0.25) is 0 Å². The average molecular weight is 534 g/mol. The third-order valence-electron chi connectivity index (χ3n) is 6.84. The van der Waals surface area contributed by atoms with E-state index in [9.17, 15) is 26.3 Å². The molecule has 1 aliphatic carbocycles. The van der Waals surface area contributed by atoms with Crippen molar-refractivity contribution in [3.8, 4) is 0 Å². The van der Waals surface area contributed by atoms with Crippen LogP contribution in [0.15, 0.2) is 79.3 Å². The van der Waals surface area contributed by atoms with Gasteiger partial charge >= 0.3 is 6.18 Å². The van der Waals surface area contributed by atoms with Crippen molar-refractivity contribution in [2.24, 2.45) is 0 Å². The van der Waals surface area contributed by atoms with Crippen LogP contribution in [0.3, 0.4) is 0 Å². The van der Waals surface area contributed by atoms with Crippen molar-refractivity contribution in [2.75, 3.05) is 0 Å². The van der Waals surface area contributed by atoms with Crippen LogP contribution in [0.25, 0.3) is 0 Å². The van der Waals surface area contributed by atoms with Crippen LogP contribution in [0.5, 0.6) is 0 Å². The molecule has 1 aliphatic rings. The summed E-state index contributed by atoms with van der Waals surface area (Å²) in [6.45, 7) is 4.79. The van der Waals surface area contributed by atoms with Crippen LogP contribution in [0.2, 0.25) is 0 Å². The number of alkyl halides is 5. The van der Waals surface area contributed by atoms with Gasteiger partial charge in [0.15, 0.2) is 0 Å². The maximum Gasteiger partial charge on any atom is 0.416 e. The summed E-state index contributed by atoms with van der Waals surface area (Å²) < 4.78 is 84.0. The molecule has 0 amide bonds. The monoisotopic (exact) mass is 533 g/mol. The molecule has 0 saturated heterocycles. The molecule has 1 saturated carbocycles. The van der Waals surface area contributed by atoms with E-state index in [1.165, 1.54) is 12.1 Å². The van der Waals surface area contributed by atoms with Crippen molar-refractivity contribution in [3.05, 3.63) is 113 Å². The lowest BCUT2D eigenvalue weighted by Gasteiger charge is -2.38. The molecule has 2 aromatic carbocycles. The molecule has 0 radical (unpaired) electrons. The van der Waals surface area contributed by atoms with Gasteiger partial charge in [-0.15, -0.1) is 0 Å². The van der Waals surface area contributed by atoms with Gasteiger partial charge in [-0.1, -0.05) is 49.8 Å². The molecule has 202 valence electrons. The fourth-order valence-corrected chi connectivity index (χ4v) is 4.94. The minimum atomic E-state index is -4.81. The lowest BCUT2D eigenvalue weighted by Crippen LogP contribution is -2.49. The van der Waals surface area contributed by atoms with E-state index in [0.717, 1.165) is 50.9 Å². The molecule has 2 N–H and O–H groups in total. The summed E-state index contributed by atoms with van der Waals surface area (Å²) in [7, 11) is 0. The predicted molar refractivity (Wildman–Crippen MR) is 134 cm³/mol. The number of aromatic nitrogens is 1. The third-order valence-corrected chi connectivity index (χ3v) is 6.84. The Balaban J connectivity index is 1.91. The molecule has 0 unspecified atom stereocenters. The molecule has 1 aromatic heterocycles. The van der Waals surface area contributed by atoms with Crippen LogP contribution in [-0.4, -0.2) is 11.0 Å². The van der Waals surface area contributed by atoms with E-state index in [1.807, 2.05) is 0 Å². The van der Waals surface area contributed by atoms with Crippen LogP contribution >= 0.6 is 0 Å². The van der Waals surface area contributed by atoms with Crippen molar-refractivity contribution in [1.82, 2.24) is 15.6 Å². The van der Waals surface area contributed by atoms with Crippen LogP contribution in [0.1, 0.15) is 60.6 Å². The van der Waals surface area contributed by atoms with Crippen molar-refractivity contribution in [2.45, 2.75) is 62.7 Å². The molecule has 1 fully saturated rings. The Kier molecular flexibility index (Phi) is 7.76. The minimum Gasteiger partial charge on any atom is -0.370 e. The molecule has 1 heterocycles. The number of halogens is 6. The maximum absolute atomic E-state index is 14.7. The summed E-state index contributed by atoms with van der Waals surface area (Å²) in [5, 5.41) is 6.50. The Hall–Kier alpha value is -3.49. The maximum atomic E-state index is 14.7. The number of benzene rings is 2. The summed E-state index contributed by atoms with van der Waals surface area (Å²) in [5.74, 6) is -3.94. The van der Waals surface area contributed by atoms with Crippen molar-refractivity contribution >= 4 is 0 Å². The first-order valence-electron chi connectivity index (χ1n) is 12.4. The van der Waals surface area contributed by atoms with Gasteiger partial charge in [0.1, 0.15) is 11.4 Å². The van der Waals surface area contributed by atoms with E-state index in [4.69, 9.17) is 0 Å². The molecule has 0 aliphatic heterocycles. The fraction of sp³-hybridized carbons (Fsp3) is 0.345. The second-order valence-corrected chi connectivity index (χ2v) is 9.84. The van der Waals surface area contributed by atoms with Gasteiger partial charge in [-0.2, -0.15) is 13.2 Å². The van der Waals surface area contributed by atoms with Crippen molar-refractivity contribution in [1.29, 1.82) is 0 Å². The number of rotatable bonds is 9. The number of nitrogens with one attached hydrogen (secondary N) is 2. The van der Waals surface area contributed by atoms with Gasteiger partial charge < -0.3 is 10.6 Å². The van der Waals surface area contributed by atoms with Crippen LogP contribution in [0, 0.1) is 5.82 Å². The lowest BCUT2D eigenvalue weighted by molar-refractivity contribution is -0.137. The summed E-state index contributed by atoms with van der Waals surface area (Å²) >= 11 is 0. The zero-order valence-electron chi connectivity index (χ0n) is 20.9. The highest BCUT2D eigenvalue weighted by atomic mass is 19.4. The molecule has 0 bridgehead atoms. The largest absolute Gasteiger partial charge is 0.416 e. The topological polar surface area (TPSA) is 37.0 Å². The first kappa shape index (κ1) is 27.5. The third kappa shape index (κ3) is 6.31. The number of pyridine rings is 1. The van der Waals surface area contributed by atoms with Gasteiger partial charge in [0.25, 0.3) is 5.92 Å². The summed E-state index contributed by atoms with van der Waals surface area (Å²) in [6.07, 6.45) is 0.102. The molecule has 1 atom stereocenters. The number of hydrogen-bond donors (Lipinski definition) is 2. The summed E-state index contributed by atoms with van der Waals surface area (Å²) in [5.41, 5.74) is -2.31. The van der Waals surface area contributed by atoms with Gasteiger partial charge in [-0.3, -0.25) is 4.98 Å². The van der Waals surface area contributed by atoms with Gasteiger partial charge in [0.05, 0.1) is 17.1 Å². The van der Waals surface area contributed by atoms with E-state index < -0.39 is 29.0 Å². The number of nitrogens with zero attached hydrogens (tertiary/aromatic N) is 1. The Bertz CT molecular complexity index is 1250. The van der Waals surface area contributed by atoms with Crippen molar-refractivity contribution in [3.63, 3.8) is 0 Å². The molecular formula is C29H29F6N3. The Morgan fingerprint density at radius 2 is 1.58 bits per heavy atom. The molecule has 3 nitrogen and oxygen atoms in total. The molecule has 38 heavy (non-hydrogen) atoms. The predicted octanol–water partition coefficient (Wildman–Crippen LogP) is 7.43. The highest BCUT2D eigenvalue weighted by molar-refractivity contribution is 5.42. The van der Waals surface area contributed by atoms with E-state index >= 15 is 0 Å². The van der Waals surface area contributed by atoms with E-state index in [2.05, 4.69) is 22.2 Å². The average Bonchev–Trinajstić information content (AvgIpc) is 3.36. The van der Waals surface area contributed by atoms with Crippen LogP contribution < -0.4 is 10.6 Å². The zero-order valence-corrected chi connectivity index (χ0v) is 20.9. The zero-order chi connectivity index (χ0) is 27.6. The second kappa shape index (κ2) is 10.7. The normalized spacial score (nSPS) is 16.2. The fourth-order valence-electron chi connectivity index (χ4n) is 4.94. The molecule has 3 aromatic rings. The Morgan fingerprint density at radius 1 is 0.921 bits per heavy atom. The molecule has 4 rings (SSSR count). The lowest BCUT2D eigenvalue weighted by atomic mass is 9.79. The smallest absolute Gasteiger partial charge is 0.370 e. The highest BCUT2D eigenvalue weighted by Crippen LogP contribution is 2.39.